The molecule has 4 nitrogen and oxygen atoms in total. The highest BCUT2D eigenvalue weighted by molar-refractivity contribution is 6.05. The second-order valence-electron chi connectivity index (χ2n) is 6.32. The van der Waals surface area contributed by atoms with Gasteiger partial charge >= 0.3 is 11.9 Å². The molecular formula is C23H20O4. The van der Waals surface area contributed by atoms with E-state index in [-0.39, 0.29) is 11.9 Å². The molecule has 0 fully saturated rings. The summed E-state index contributed by atoms with van der Waals surface area (Å²) in [5.74, 6) is 0.264. The van der Waals surface area contributed by atoms with Crippen LogP contribution < -0.4 is 4.74 Å². The van der Waals surface area contributed by atoms with E-state index in [2.05, 4.69) is 6.58 Å². The van der Waals surface area contributed by atoms with Crippen LogP contribution in [0, 0.1) is 6.92 Å². The number of carbonyl (C=O) groups excluding carboxylic acids is 2. The summed E-state index contributed by atoms with van der Waals surface area (Å²) >= 11 is 0. The average Bonchev–Trinajstić information content (AvgIpc) is 2.98. The van der Waals surface area contributed by atoms with Crippen molar-refractivity contribution in [2.75, 3.05) is 0 Å². The standard InChI is InChI=1S/C23H20O4/c1-4-5-19-12-17(8-11-21(19)26-16(3)24)13-20-14-22(27-23(20)25)18-9-6-15(2)7-10-18/h4,6-14H,1,5H2,2-3H3/b20-13+. The molecule has 0 spiro atoms. The Balaban J connectivity index is 1.92. The Labute approximate surface area is 158 Å². The van der Waals surface area contributed by atoms with Crippen molar-refractivity contribution in [2.24, 2.45) is 0 Å². The van der Waals surface area contributed by atoms with E-state index in [4.69, 9.17) is 9.47 Å². The zero-order valence-corrected chi connectivity index (χ0v) is 15.3. The van der Waals surface area contributed by atoms with Crippen LogP contribution in [0.2, 0.25) is 0 Å². The molecule has 0 N–H and O–H groups in total. The summed E-state index contributed by atoms with van der Waals surface area (Å²) in [6.07, 6.45) is 5.78. The molecule has 27 heavy (non-hydrogen) atoms. The minimum Gasteiger partial charge on any atom is -0.426 e. The van der Waals surface area contributed by atoms with Crippen molar-refractivity contribution in [2.45, 2.75) is 20.3 Å². The van der Waals surface area contributed by atoms with Gasteiger partial charge in [-0.1, -0.05) is 42.0 Å². The lowest BCUT2D eigenvalue weighted by atomic mass is 10.0. The molecule has 1 heterocycles. The van der Waals surface area contributed by atoms with Gasteiger partial charge in [-0.3, -0.25) is 4.79 Å². The summed E-state index contributed by atoms with van der Waals surface area (Å²) < 4.78 is 10.6. The molecule has 1 aliphatic rings. The lowest BCUT2D eigenvalue weighted by molar-refractivity contribution is -0.132. The molecular weight excluding hydrogens is 340 g/mol. The van der Waals surface area contributed by atoms with Crippen molar-refractivity contribution < 1.29 is 19.1 Å². The Kier molecular flexibility index (Phi) is 5.36. The van der Waals surface area contributed by atoms with Crippen molar-refractivity contribution in [3.8, 4) is 5.75 Å². The Morgan fingerprint density at radius 1 is 1.19 bits per heavy atom. The largest absolute Gasteiger partial charge is 0.426 e. The highest BCUT2D eigenvalue weighted by Gasteiger charge is 2.22. The molecule has 4 heteroatoms. The number of esters is 2. The molecule has 0 atom stereocenters. The van der Waals surface area contributed by atoms with Crippen LogP contribution in [0.25, 0.3) is 11.8 Å². The maximum atomic E-state index is 12.2. The number of ether oxygens (including phenoxy) is 2. The number of cyclic esters (lactones) is 1. The quantitative estimate of drug-likeness (QED) is 0.338. The summed E-state index contributed by atoms with van der Waals surface area (Å²) in [6, 6.07) is 13.2. The maximum absolute atomic E-state index is 12.2. The first-order valence-electron chi connectivity index (χ1n) is 8.61. The van der Waals surface area contributed by atoms with Crippen LogP contribution in [0.3, 0.4) is 0 Å². The fourth-order valence-corrected chi connectivity index (χ4v) is 2.79. The molecule has 2 aromatic rings. The first-order valence-corrected chi connectivity index (χ1v) is 8.61. The summed E-state index contributed by atoms with van der Waals surface area (Å²) in [6.45, 7) is 7.10. The Bertz CT molecular complexity index is 962. The van der Waals surface area contributed by atoms with Crippen LogP contribution in [0.1, 0.15) is 29.2 Å². The monoisotopic (exact) mass is 360 g/mol. The molecule has 0 aliphatic carbocycles. The summed E-state index contributed by atoms with van der Waals surface area (Å²) in [4.78, 5) is 23.5. The Morgan fingerprint density at radius 3 is 2.59 bits per heavy atom. The van der Waals surface area contributed by atoms with Gasteiger partial charge in [0.15, 0.2) is 0 Å². The van der Waals surface area contributed by atoms with Crippen molar-refractivity contribution in [3.05, 3.63) is 89.0 Å². The number of benzene rings is 2. The van der Waals surface area contributed by atoms with Crippen LogP contribution in [0.4, 0.5) is 0 Å². The molecule has 0 saturated heterocycles. The van der Waals surface area contributed by atoms with Crippen LogP contribution in [-0.4, -0.2) is 11.9 Å². The molecule has 1 aliphatic heterocycles. The first kappa shape index (κ1) is 18.4. The number of hydrogen-bond donors (Lipinski definition) is 0. The minimum atomic E-state index is -0.389. The molecule has 0 amide bonds. The van der Waals surface area contributed by atoms with Gasteiger partial charge in [-0.2, -0.15) is 0 Å². The third-order valence-electron chi connectivity index (χ3n) is 4.09. The van der Waals surface area contributed by atoms with Gasteiger partial charge in [0, 0.05) is 12.5 Å². The van der Waals surface area contributed by atoms with Gasteiger partial charge < -0.3 is 9.47 Å². The second-order valence-corrected chi connectivity index (χ2v) is 6.32. The normalized spacial score (nSPS) is 14.7. The van der Waals surface area contributed by atoms with E-state index in [0.717, 1.165) is 22.3 Å². The van der Waals surface area contributed by atoms with Crippen LogP contribution in [-0.2, 0) is 20.7 Å². The molecule has 0 unspecified atom stereocenters. The van der Waals surface area contributed by atoms with Crippen LogP contribution in [0.15, 0.2) is 66.8 Å². The molecule has 136 valence electrons. The number of allylic oxidation sites excluding steroid dienone is 1. The zero-order chi connectivity index (χ0) is 19.4. The van der Waals surface area contributed by atoms with Gasteiger partial charge in [0.1, 0.15) is 11.5 Å². The summed E-state index contributed by atoms with van der Waals surface area (Å²) in [5, 5.41) is 0. The topological polar surface area (TPSA) is 52.6 Å². The van der Waals surface area contributed by atoms with E-state index in [0.29, 0.717) is 23.5 Å². The molecule has 0 radical (unpaired) electrons. The van der Waals surface area contributed by atoms with Crippen molar-refractivity contribution >= 4 is 23.8 Å². The number of carbonyl (C=O) groups is 2. The Morgan fingerprint density at radius 2 is 1.93 bits per heavy atom. The Hall–Kier alpha value is -3.40. The smallest absolute Gasteiger partial charge is 0.343 e. The number of aryl methyl sites for hydroxylation is 1. The lowest BCUT2D eigenvalue weighted by Gasteiger charge is -2.08. The predicted molar refractivity (Wildman–Crippen MR) is 105 cm³/mol. The molecule has 2 aromatic carbocycles. The van der Waals surface area contributed by atoms with Gasteiger partial charge in [0.2, 0.25) is 0 Å². The van der Waals surface area contributed by atoms with E-state index < -0.39 is 0 Å². The molecule has 0 saturated carbocycles. The highest BCUT2D eigenvalue weighted by atomic mass is 16.5. The first-order chi connectivity index (χ1) is 13.0. The van der Waals surface area contributed by atoms with E-state index in [1.807, 2.05) is 37.3 Å². The summed E-state index contributed by atoms with van der Waals surface area (Å²) in [7, 11) is 0. The highest BCUT2D eigenvalue weighted by Crippen LogP contribution is 2.29. The van der Waals surface area contributed by atoms with E-state index in [1.54, 1.807) is 30.4 Å². The molecule has 0 bridgehead atoms. The van der Waals surface area contributed by atoms with Crippen LogP contribution in [0.5, 0.6) is 5.75 Å². The van der Waals surface area contributed by atoms with E-state index >= 15 is 0 Å². The third-order valence-corrected chi connectivity index (χ3v) is 4.09. The average molecular weight is 360 g/mol. The van der Waals surface area contributed by atoms with Gasteiger partial charge in [0.05, 0.1) is 5.57 Å². The fourth-order valence-electron chi connectivity index (χ4n) is 2.79. The van der Waals surface area contributed by atoms with Crippen molar-refractivity contribution in [1.82, 2.24) is 0 Å². The molecule has 0 aromatic heterocycles. The summed E-state index contributed by atoms with van der Waals surface area (Å²) in [5.41, 5.74) is 4.10. The van der Waals surface area contributed by atoms with E-state index in [1.165, 1.54) is 6.92 Å². The van der Waals surface area contributed by atoms with Crippen LogP contribution >= 0.6 is 0 Å². The number of hydrogen-bond acceptors (Lipinski definition) is 4. The molecule has 3 rings (SSSR count). The van der Waals surface area contributed by atoms with Crippen molar-refractivity contribution in [3.63, 3.8) is 0 Å². The van der Waals surface area contributed by atoms with Gasteiger partial charge in [-0.05, 0) is 48.8 Å². The third kappa shape index (κ3) is 4.42. The lowest BCUT2D eigenvalue weighted by Crippen LogP contribution is -2.04. The van der Waals surface area contributed by atoms with Gasteiger partial charge in [-0.15, -0.1) is 6.58 Å². The SMILES string of the molecule is C=CCc1cc(/C=C2\C=C(c3ccc(C)cc3)OC2=O)ccc1OC(C)=O. The van der Waals surface area contributed by atoms with Gasteiger partial charge in [-0.25, -0.2) is 4.79 Å². The minimum absolute atomic E-state index is 0.378. The predicted octanol–water partition coefficient (Wildman–Crippen LogP) is 4.63. The van der Waals surface area contributed by atoms with Gasteiger partial charge in [0.25, 0.3) is 0 Å². The zero-order valence-electron chi connectivity index (χ0n) is 15.3. The second kappa shape index (κ2) is 7.87. The maximum Gasteiger partial charge on any atom is 0.343 e. The fraction of sp³-hybridized carbons (Fsp3) is 0.130. The van der Waals surface area contributed by atoms with Crippen molar-refractivity contribution in [1.29, 1.82) is 0 Å². The van der Waals surface area contributed by atoms with E-state index in [9.17, 15) is 9.59 Å². The number of rotatable bonds is 5.